The first-order valence-corrected chi connectivity index (χ1v) is 8.51. The SMILES string of the molecule is O=C(Cc1ccc(F)cc1)NCc1cccc(NC(=O)C2CCC2)c1. The van der Waals surface area contributed by atoms with Crippen LogP contribution in [-0.2, 0) is 22.6 Å². The number of halogens is 1. The van der Waals surface area contributed by atoms with Crippen molar-refractivity contribution in [3.8, 4) is 0 Å². The third-order valence-electron chi connectivity index (χ3n) is 4.44. The van der Waals surface area contributed by atoms with E-state index in [9.17, 15) is 14.0 Å². The summed E-state index contributed by atoms with van der Waals surface area (Å²) >= 11 is 0. The lowest BCUT2D eigenvalue weighted by Gasteiger charge is -2.24. The number of amides is 2. The summed E-state index contributed by atoms with van der Waals surface area (Å²) in [7, 11) is 0. The van der Waals surface area contributed by atoms with Crippen LogP contribution in [0.5, 0.6) is 0 Å². The molecule has 0 saturated heterocycles. The Kier molecular flexibility index (Phi) is 5.43. The number of benzene rings is 2. The second-order valence-corrected chi connectivity index (χ2v) is 6.40. The summed E-state index contributed by atoms with van der Waals surface area (Å²) in [6.45, 7) is 0.382. The lowest BCUT2D eigenvalue weighted by molar-refractivity contribution is -0.122. The van der Waals surface area contributed by atoms with Gasteiger partial charge in [-0.25, -0.2) is 4.39 Å². The maximum Gasteiger partial charge on any atom is 0.227 e. The van der Waals surface area contributed by atoms with E-state index < -0.39 is 0 Å². The predicted octanol–water partition coefficient (Wildman–Crippen LogP) is 3.42. The van der Waals surface area contributed by atoms with Gasteiger partial charge in [0.1, 0.15) is 5.82 Å². The minimum Gasteiger partial charge on any atom is -0.352 e. The van der Waals surface area contributed by atoms with Crippen molar-refractivity contribution in [2.45, 2.75) is 32.2 Å². The first-order valence-electron chi connectivity index (χ1n) is 8.51. The summed E-state index contributed by atoms with van der Waals surface area (Å²) in [5, 5.41) is 5.77. The average Bonchev–Trinajstić information content (AvgIpc) is 2.54. The maximum absolute atomic E-state index is 12.9. The summed E-state index contributed by atoms with van der Waals surface area (Å²) < 4.78 is 12.9. The Hall–Kier alpha value is -2.69. The fraction of sp³-hybridized carbons (Fsp3) is 0.300. The Morgan fingerprint density at radius 1 is 1.04 bits per heavy atom. The lowest BCUT2D eigenvalue weighted by atomic mass is 9.85. The van der Waals surface area contributed by atoms with Crippen LogP contribution < -0.4 is 10.6 Å². The van der Waals surface area contributed by atoms with Crippen molar-refractivity contribution in [1.82, 2.24) is 5.32 Å². The molecule has 5 heteroatoms. The van der Waals surface area contributed by atoms with Gasteiger partial charge >= 0.3 is 0 Å². The molecule has 1 aliphatic rings. The second kappa shape index (κ2) is 7.92. The van der Waals surface area contributed by atoms with Gasteiger partial charge in [-0.15, -0.1) is 0 Å². The van der Waals surface area contributed by atoms with Crippen LogP contribution >= 0.6 is 0 Å². The maximum atomic E-state index is 12.9. The quantitative estimate of drug-likeness (QED) is 0.846. The van der Waals surface area contributed by atoms with Crippen molar-refractivity contribution < 1.29 is 14.0 Å². The highest BCUT2D eigenvalue weighted by Crippen LogP contribution is 2.27. The Bertz CT molecular complexity index is 755. The molecule has 3 rings (SSSR count). The number of hydrogen-bond acceptors (Lipinski definition) is 2. The molecular formula is C20H21FN2O2. The minimum atomic E-state index is -0.315. The number of carbonyl (C=O) groups excluding carboxylic acids is 2. The van der Waals surface area contributed by atoms with Crippen LogP contribution in [-0.4, -0.2) is 11.8 Å². The number of rotatable bonds is 6. The average molecular weight is 340 g/mol. The lowest BCUT2D eigenvalue weighted by Crippen LogP contribution is -2.28. The Morgan fingerprint density at radius 2 is 1.80 bits per heavy atom. The van der Waals surface area contributed by atoms with Crippen LogP contribution in [0, 0.1) is 11.7 Å². The molecule has 1 saturated carbocycles. The summed E-state index contributed by atoms with van der Waals surface area (Å²) in [6, 6.07) is 13.4. The van der Waals surface area contributed by atoms with Gasteiger partial charge in [-0.2, -0.15) is 0 Å². The molecule has 0 aromatic heterocycles. The zero-order valence-corrected chi connectivity index (χ0v) is 13.9. The molecule has 0 aliphatic heterocycles. The molecule has 0 radical (unpaired) electrons. The van der Waals surface area contributed by atoms with Gasteiger partial charge in [-0.1, -0.05) is 30.7 Å². The van der Waals surface area contributed by atoms with Crippen LogP contribution in [0.4, 0.5) is 10.1 Å². The van der Waals surface area contributed by atoms with Gasteiger partial charge < -0.3 is 10.6 Å². The van der Waals surface area contributed by atoms with Crippen molar-refractivity contribution >= 4 is 17.5 Å². The van der Waals surface area contributed by atoms with Gasteiger partial charge in [0.15, 0.2) is 0 Å². The van der Waals surface area contributed by atoms with Crippen molar-refractivity contribution in [1.29, 1.82) is 0 Å². The molecule has 2 amide bonds. The van der Waals surface area contributed by atoms with E-state index in [1.54, 1.807) is 12.1 Å². The van der Waals surface area contributed by atoms with Gasteiger partial charge in [-0.3, -0.25) is 9.59 Å². The number of hydrogen-bond donors (Lipinski definition) is 2. The molecule has 25 heavy (non-hydrogen) atoms. The van der Waals surface area contributed by atoms with E-state index in [1.165, 1.54) is 12.1 Å². The predicted molar refractivity (Wildman–Crippen MR) is 94.4 cm³/mol. The largest absolute Gasteiger partial charge is 0.352 e. The van der Waals surface area contributed by atoms with Crippen LogP contribution in [0.3, 0.4) is 0 Å². The topological polar surface area (TPSA) is 58.2 Å². The standard InChI is InChI=1S/C20H21FN2O2/c21-17-9-7-14(8-10-17)12-19(24)22-13-15-3-1-6-18(11-15)23-20(25)16-4-2-5-16/h1,3,6-11,16H,2,4-5,12-13H2,(H,22,24)(H,23,25). The molecule has 0 bridgehead atoms. The van der Waals surface area contributed by atoms with E-state index in [2.05, 4.69) is 10.6 Å². The molecule has 0 spiro atoms. The molecule has 1 fully saturated rings. The second-order valence-electron chi connectivity index (χ2n) is 6.40. The highest BCUT2D eigenvalue weighted by atomic mass is 19.1. The zero-order valence-electron chi connectivity index (χ0n) is 13.9. The summed E-state index contributed by atoms with van der Waals surface area (Å²) in [5.74, 6) is -0.233. The smallest absolute Gasteiger partial charge is 0.227 e. The van der Waals surface area contributed by atoms with E-state index >= 15 is 0 Å². The van der Waals surface area contributed by atoms with Gasteiger partial charge in [-0.05, 0) is 48.2 Å². The van der Waals surface area contributed by atoms with Gasteiger partial charge in [0.25, 0.3) is 0 Å². The fourth-order valence-corrected chi connectivity index (χ4v) is 2.72. The van der Waals surface area contributed by atoms with E-state index in [1.807, 2.05) is 24.3 Å². The van der Waals surface area contributed by atoms with Crippen molar-refractivity contribution in [3.05, 3.63) is 65.5 Å². The Morgan fingerprint density at radius 3 is 2.48 bits per heavy atom. The van der Waals surface area contributed by atoms with Crippen molar-refractivity contribution in [3.63, 3.8) is 0 Å². The molecule has 2 N–H and O–H groups in total. The zero-order chi connectivity index (χ0) is 17.6. The third-order valence-corrected chi connectivity index (χ3v) is 4.44. The van der Waals surface area contributed by atoms with Crippen LogP contribution in [0.15, 0.2) is 48.5 Å². The molecule has 0 atom stereocenters. The fourth-order valence-electron chi connectivity index (χ4n) is 2.72. The highest BCUT2D eigenvalue weighted by Gasteiger charge is 2.25. The van der Waals surface area contributed by atoms with E-state index in [0.717, 1.165) is 36.1 Å². The normalized spacial score (nSPS) is 13.8. The molecule has 2 aromatic rings. The summed E-state index contributed by atoms with van der Waals surface area (Å²) in [4.78, 5) is 24.0. The van der Waals surface area contributed by atoms with Crippen molar-refractivity contribution in [2.75, 3.05) is 5.32 Å². The summed E-state index contributed by atoms with van der Waals surface area (Å²) in [5.41, 5.74) is 2.43. The van der Waals surface area contributed by atoms with Gasteiger partial charge in [0, 0.05) is 18.2 Å². The molecule has 4 nitrogen and oxygen atoms in total. The third kappa shape index (κ3) is 4.89. The molecule has 130 valence electrons. The molecule has 2 aromatic carbocycles. The molecule has 0 heterocycles. The Balaban J connectivity index is 1.50. The summed E-state index contributed by atoms with van der Waals surface area (Å²) in [6.07, 6.45) is 3.26. The Labute approximate surface area is 146 Å². The first-order chi connectivity index (χ1) is 12.1. The number of anilines is 1. The minimum absolute atomic E-state index is 0.0729. The molecular weight excluding hydrogens is 319 g/mol. The van der Waals surface area contributed by atoms with Gasteiger partial charge in [0.05, 0.1) is 6.42 Å². The highest BCUT2D eigenvalue weighted by molar-refractivity contribution is 5.93. The van der Waals surface area contributed by atoms with Crippen LogP contribution in [0.1, 0.15) is 30.4 Å². The number of nitrogens with one attached hydrogen (secondary N) is 2. The van der Waals surface area contributed by atoms with E-state index in [4.69, 9.17) is 0 Å². The molecule has 0 unspecified atom stereocenters. The van der Waals surface area contributed by atoms with E-state index in [0.29, 0.717) is 6.54 Å². The van der Waals surface area contributed by atoms with Crippen LogP contribution in [0.2, 0.25) is 0 Å². The van der Waals surface area contributed by atoms with Gasteiger partial charge in [0.2, 0.25) is 11.8 Å². The molecule has 1 aliphatic carbocycles. The first kappa shape index (κ1) is 17.1. The van der Waals surface area contributed by atoms with Crippen molar-refractivity contribution in [2.24, 2.45) is 5.92 Å². The van der Waals surface area contributed by atoms with E-state index in [-0.39, 0.29) is 30.0 Å². The number of carbonyl (C=O) groups is 2. The monoisotopic (exact) mass is 340 g/mol. The van der Waals surface area contributed by atoms with Crippen LogP contribution in [0.25, 0.3) is 0 Å².